The van der Waals surface area contributed by atoms with E-state index in [2.05, 4.69) is 37.4 Å². The first-order valence-corrected chi connectivity index (χ1v) is 7.13. The number of ether oxygens (including phenoxy) is 1. The Labute approximate surface area is 112 Å². The largest absolute Gasteiger partial charge is 0.484 e. The summed E-state index contributed by atoms with van der Waals surface area (Å²) in [4.78, 5) is 0. The zero-order valence-electron chi connectivity index (χ0n) is 10.8. The molecule has 0 aliphatic heterocycles. The van der Waals surface area contributed by atoms with Crippen molar-refractivity contribution in [3.05, 3.63) is 52.2 Å². The highest BCUT2D eigenvalue weighted by Crippen LogP contribution is 2.24. The van der Waals surface area contributed by atoms with Gasteiger partial charge in [0.1, 0.15) is 11.9 Å². The van der Waals surface area contributed by atoms with E-state index in [9.17, 15) is 0 Å². The quantitative estimate of drug-likeness (QED) is 0.884. The lowest BCUT2D eigenvalue weighted by Gasteiger charge is -2.17. The topological polar surface area (TPSA) is 35.2 Å². The van der Waals surface area contributed by atoms with Crippen LogP contribution in [0.15, 0.2) is 41.1 Å². The van der Waals surface area contributed by atoms with Gasteiger partial charge in [0, 0.05) is 12.1 Å². The van der Waals surface area contributed by atoms with Crippen LogP contribution in [0.5, 0.6) is 5.75 Å². The summed E-state index contributed by atoms with van der Waals surface area (Å²) >= 11 is 1.66. The van der Waals surface area contributed by atoms with Gasteiger partial charge in [-0.15, -0.1) is 0 Å². The van der Waals surface area contributed by atoms with Crippen molar-refractivity contribution in [1.82, 2.24) is 0 Å². The Morgan fingerprint density at radius 1 is 1.11 bits per heavy atom. The van der Waals surface area contributed by atoms with Gasteiger partial charge < -0.3 is 10.5 Å². The van der Waals surface area contributed by atoms with E-state index in [1.165, 1.54) is 5.56 Å². The van der Waals surface area contributed by atoms with Crippen LogP contribution in [0.2, 0.25) is 0 Å². The summed E-state index contributed by atoms with van der Waals surface area (Å²) in [6.07, 6.45) is -0.0545. The molecule has 0 radical (unpaired) electrons. The molecule has 1 heterocycles. The van der Waals surface area contributed by atoms with E-state index in [0.29, 0.717) is 12.5 Å². The van der Waals surface area contributed by atoms with Crippen LogP contribution in [0.25, 0.3) is 0 Å². The molecule has 1 atom stereocenters. The number of benzene rings is 1. The molecule has 1 unspecified atom stereocenters. The van der Waals surface area contributed by atoms with Crippen molar-refractivity contribution in [3.63, 3.8) is 0 Å². The summed E-state index contributed by atoms with van der Waals surface area (Å²) in [5, 5.41) is 4.13. The molecular weight excluding hydrogens is 242 g/mol. The van der Waals surface area contributed by atoms with Gasteiger partial charge in [-0.25, -0.2) is 0 Å². The second-order valence-corrected chi connectivity index (χ2v) is 5.40. The van der Waals surface area contributed by atoms with Crippen LogP contribution in [0.3, 0.4) is 0 Å². The molecule has 0 fully saturated rings. The third kappa shape index (κ3) is 3.12. The summed E-state index contributed by atoms with van der Waals surface area (Å²) in [5.74, 6) is 1.42. The Kier molecular flexibility index (Phi) is 4.39. The minimum atomic E-state index is -0.0545. The van der Waals surface area contributed by atoms with Crippen molar-refractivity contribution in [1.29, 1.82) is 0 Å². The molecule has 1 aromatic heterocycles. The predicted molar refractivity (Wildman–Crippen MR) is 77.3 cm³/mol. The van der Waals surface area contributed by atoms with Gasteiger partial charge in [0.05, 0.1) is 0 Å². The molecule has 1 aromatic carbocycles. The van der Waals surface area contributed by atoms with Crippen molar-refractivity contribution < 1.29 is 4.74 Å². The van der Waals surface area contributed by atoms with Gasteiger partial charge in [0.15, 0.2) is 0 Å². The van der Waals surface area contributed by atoms with Gasteiger partial charge in [-0.05, 0) is 40.4 Å². The normalized spacial score (nSPS) is 12.7. The number of hydrogen-bond donors (Lipinski definition) is 1. The molecular formula is C15H19NOS. The first-order chi connectivity index (χ1) is 8.70. The van der Waals surface area contributed by atoms with E-state index in [4.69, 9.17) is 10.5 Å². The maximum Gasteiger partial charge on any atom is 0.137 e. The smallest absolute Gasteiger partial charge is 0.137 e. The Morgan fingerprint density at radius 2 is 1.83 bits per heavy atom. The van der Waals surface area contributed by atoms with Gasteiger partial charge in [-0.1, -0.05) is 26.0 Å². The maximum absolute atomic E-state index is 5.92. The summed E-state index contributed by atoms with van der Waals surface area (Å²) in [7, 11) is 0. The lowest BCUT2D eigenvalue weighted by atomic mass is 10.0. The molecule has 2 rings (SSSR count). The molecule has 2 aromatic rings. The maximum atomic E-state index is 5.92. The SMILES string of the molecule is CC(C)c1ccc(OC(CN)c2ccsc2)cc1. The van der Waals surface area contributed by atoms with Gasteiger partial charge in [0.2, 0.25) is 0 Å². The number of rotatable bonds is 5. The van der Waals surface area contributed by atoms with Crippen LogP contribution in [0.4, 0.5) is 0 Å². The monoisotopic (exact) mass is 261 g/mol. The summed E-state index contributed by atoms with van der Waals surface area (Å²) in [6, 6.07) is 10.3. The molecule has 2 N–H and O–H groups in total. The van der Waals surface area contributed by atoms with E-state index in [1.807, 2.05) is 17.5 Å². The van der Waals surface area contributed by atoms with Crippen molar-refractivity contribution in [2.24, 2.45) is 5.73 Å². The molecule has 0 spiro atoms. The second-order valence-electron chi connectivity index (χ2n) is 4.62. The molecule has 0 saturated heterocycles. The Morgan fingerprint density at radius 3 is 2.33 bits per heavy atom. The highest BCUT2D eigenvalue weighted by Gasteiger charge is 2.11. The molecule has 0 amide bonds. The minimum absolute atomic E-state index is 0.0545. The average molecular weight is 261 g/mol. The summed E-state index contributed by atoms with van der Waals surface area (Å²) in [6.45, 7) is 4.86. The second kappa shape index (κ2) is 6.03. The standard InChI is InChI=1S/C15H19NOS/c1-11(2)12-3-5-14(6-4-12)17-15(9-16)13-7-8-18-10-13/h3-8,10-11,15H,9,16H2,1-2H3. The summed E-state index contributed by atoms with van der Waals surface area (Å²) < 4.78 is 5.92. The molecule has 18 heavy (non-hydrogen) atoms. The first-order valence-electron chi connectivity index (χ1n) is 6.19. The zero-order valence-corrected chi connectivity index (χ0v) is 11.6. The van der Waals surface area contributed by atoms with Gasteiger partial charge in [-0.3, -0.25) is 0 Å². The van der Waals surface area contributed by atoms with Crippen LogP contribution in [-0.2, 0) is 0 Å². The molecule has 0 bridgehead atoms. The van der Waals surface area contributed by atoms with Crippen LogP contribution in [-0.4, -0.2) is 6.54 Å². The van der Waals surface area contributed by atoms with E-state index in [-0.39, 0.29) is 6.10 Å². The zero-order chi connectivity index (χ0) is 13.0. The highest BCUT2D eigenvalue weighted by molar-refractivity contribution is 7.07. The lowest BCUT2D eigenvalue weighted by molar-refractivity contribution is 0.214. The average Bonchev–Trinajstić information content (AvgIpc) is 2.90. The van der Waals surface area contributed by atoms with E-state index < -0.39 is 0 Å². The fourth-order valence-electron chi connectivity index (χ4n) is 1.81. The fourth-order valence-corrected chi connectivity index (χ4v) is 2.51. The van der Waals surface area contributed by atoms with Crippen LogP contribution in [0, 0.1) is 0 Å². The molecule has 0 aliphatic rings. The van der Waals surface area contributed by atoms with Crippen molar-refractivity contribution in [2.45, 2.75) is 25.9 Å². The number of hydrogen-bond acceptors (Lipinski definition) is 3. The van der Waals surface area contributed by atoms with Crippen molar-refractivity contribution >= 4 is 11.3 Å². The van der Waals surface area contributed by atoms with Crippen LogP contribution >= 0.6 is 11.3 Å². The fraction of sp³-hybridized carbons (Fsp3) is 0.333. The molecule has 3 heteroatoms. The Bertz CT molecular complexity index is 462. The van der Waals surface area contributed by atoms with Gasteiger partial charge >= 0.3 is 0 Å². The third-order valence-corrected chi connectivity index (χ3v) is 3.66. The van der Waals surface area contributed by atoms with E-state index in [0.717, 1.165) is 11.3 Å². The van der Waals surface area contributed by atoms with E-state index in [1.54, 1.807) is 11.3 Å². The highest BCUT2D eigenvalue weighted by atomic mass is 32.1. The Hall–Kier alpha value is -1.32. The number of nitrogens with two attached hydrogens (primary N) is 1. The molecule has 0 aliphatic carbocycles. The lowest BCUT2D eigenvalue weighted by Crippen LogP contribution is -2.17. The van der Waals surface area contributed by atoms with Gasteiger partial charge in [-0.2, -0.15) is 11.3 Å². The van der Waals surface area contributed by atoms with Crippen LogP contribution < -0.4 is 10.5 Å². The van der Waals surface area contributed by atoms with Gasteiger partial charge in [0.25, 0.3) is 0 Å². The predicted octanol–water partition coefficient (Wildman–Crippen LogP) is 3.95. The molecule has 2 nitrogen and oxygen atoms in total. The molecule has 0 saturated carbocycles. The van der Waals surface area contributed by atoms with Crippen molar-refractivity contribution in [2.75, 3.05) is 6.54 Å². The Balaban J connectivity index is 2.08. The summed E-state index contributed by atoms with van der Waals surface area (Å²) in [5.41, 5.74) is 8.24. The van der Waals surface area contributed by atoms with Crippen LogP contribution in [0.1, 0.15) is 37.0 Å². The van der Waals surface area contributed by atoms with Crippen molar-refractivity contribution in [3.8, 4) is 5.75 Å². The molecule has 96 valence electrons. The minimum Gasteiger partial charge on any atom is -0.484 e. The van der Waals surface area contributed by atoms with E-state index >= 15 is 0 Å². The first kappa shape index (κ1) is 13.1. The third-order valence-electron chi connectivity index (χ3n) is 2.95. The number of thiophene rings is 1.